The molecule has 0 aliphatic carbocycles. The second kappa shape index (κ2) is 5.24. The zero-order valence-corrected chi connectivity index (χ0v) is 11.9. The molecule has 2 heterocycles. The lowest BCUT2D eigenvalue weighted by atomic mass is 10.2. The number of rotatable bonds is 3. The summed E-state index contributed by atoms with van der Waals surface area (Å²) in [6.45, 7) is 0. The van der Waals surface area contributed by atoms with Crippen LogP contribution in [0.3, 0.4) is 0 Å². The van der Waals surface area contributed by atoms with Crippen molar-refractivity contribution in [1.29, 1.82) is 0 Å². The van der Waals surface area contributed by atoms with Gasteiger partial charge in [0.2, 0.25) is 0 Å². The van der Waals surface area contributed by atoms with E-state index in [0.29, 0.717) is 22.8 Å². The molecule has 0 atom stereocenters. The second-order valence-electron chi connectivity index (χ2n) is 4.90. The minimum absolute atomic E-state index is 0.405. The first-order valence-electron chi connectivity index (χ1n) is 6.55. The standard InChI is InChI=1S/C15H16N6/c1-21(2)11-6-3-10(4-7-11)5-8-12-19-13-14(16)17-9-18-15(13)20-12/h3-9H,1-2H3,(H3,16,17,18,19,20). The fourth-order valence-corrected chi connectivity index (χ4v) is 2.00. The maximum absolute atomic E-state index is 5.77. The quantitative estimate of drug-likeness (QED) is 0.768. The van der Waals surface area contributed by atoms with E-state index in [1.807, 2.05) is 26.2 Å². The van der Waals surface area contributed by atoms with Crippen LogP contribution in [-0.4, -0.2) is 34.0 Å². The van der Waals surface area contributed by atoms with Crippen molar-refractivity contribution in [3.8, 4) is 0 Å². The average Bonchev–Trinajstić information content (AvgIpc) is 2.90. The van der Waals surface area contributed by atoms with Gasteiger partial charge in [-0.25, -0.2) is 15.0 Å². The van der Waals surface area contributed by atoms with Crippen LogP contribution in [0.15, 0.2) is 30.6 Å². The Labute approximate surface area is 122 Å². The maximum atomic E-state index is 5.77. The van der Waals surface area contributed by atoms with Crippen LogP contribution in [0.25, 0.3) is 23.3 Å². The largest absolute Gasteiger partial charge is 0.382 e. The molecule has 0 amide bonds. The Morgan fingerprint density at radius 2 is 1.86 bits per heavy atom. The Kier molecular flexibility index (Phi) is 3.27. The van der Waals surface area contributed by atoms with Gasteiger partial charge in [0.15, 0.2) is 11.5 Å². The van der Waals surface area contributed by atoms with Gasteiger partial charge < -0.3 is 15.6 Å². The summed E-state index contributed by atoms with van der Waals surface area (Å²) >= 11 is 0. The molecule has 0 saturated heterocycles. The Bertz CT molecular complexity index is 786. The zero-order valence-electron chi connectivity index (χ0n) is 11.9. The van der Waals surface area contributed by atoms with Crippen LogP contribution in [0.1, 0.15) is 11.4 Å². The van der Waals surface area contributed by atoms with Gasteiger partial charge >= 0.3 is 0 Å². The van der Waals surface area contributed by atoms with Crippen molar-refractivity contribution in [3.05, 3.63) is 42.0 Å². The van der Waals surface area contributed by atoms with E-state index in [2.05, 4.69) is 49.1 Å². The molecule has 0 aliphatic rings. The van der Waals surface area contributed by atoms with Crippen molar-refractivity contribution < 1.29 is 0 Å². The lowest BCUT2D eigenvalue weighted by Gasteiger charge is -2.11. The molecule has 2 aromatic heterocycles. The molecule has 3 aromatic rings. The SMILES string of the molecule is CN(C)c1ccc(C=Cc2nc3ncnc(N)c3[nH]2)cc1. The molecular weight excluding hydrogens is 264 g/mol. The Morgan fingerprint density at radius 3 is 2.52 bits per heavy atom. The van der Waals surface area contributed by atoms with E-state index in [0.717, 1.165) is 5.56 Å². The van der Waals surface area contributed by atoms with Crippen LogP contribution in [-0.2, 0) is 0 Å². The summed E-state index contributed by atoms with van der Waals surface area (Å²) in [7, 11) is 4.04. The van der Waals surface area contributed by atoms with Gasteiger partial charge in [-0.05, 0) is 23.8 Å². The smallest absolute Gasteiger partial charge is 0.183 e. The third-order valence-corrected chi connectivity index (χ3v) is 3.18. The number of fused-ring (bicyclic) bond motifs is 1. The molecule has 6 heteroatoms. The van der Waals surface area contributed by atoms with Gasteiger partial charge in [0.25, 0.3) is 0 Å². The van der Waals surface area contributed by atoms with Crippen LogP contribution in [0.5, 0.6) is 0 Å². The molecule has 0 unspecified atom stereocenters. The number of nitrogens with two attached hydrogens (primary N) is 1. The molecule has 0 aliphatic heterocycles. The summed E-state index contributed by atoms with van der Waals surface area (Å²) in [4.78, 5) is 17.5. The molecule has 0 saturated carbocycles. The molecule has 0 spiro atoms. The molecule has 0 fully saturated rings. The zero-order chi connectivity index (χ0) is 14.8. The van der Waals surface area contributed by atoms with E-state index in [1.54, 1.807) is 0 Å². The number of aromatic nitrogens is 4. The Morgan fingerprint density at radius 1 is 1.10 bits per heavy atom. The number of hydrogen-bond donors (Lipinski definition) is 2. The van der Waals surface area contributed by atoms with Crippen molar-refractivity contribution in [1.82, 2.24) is 19.9 Å². The van der Waals surface area contributed by atoms with E-state index in [-0.39, 0.29) is 0 Å². The molecule has 106 valence electrons. The molecule has 21 heavy (non-hydrogen) atoms. The molecule has 3 rings (SSSR count). The number of benzene rings is 1. The number of anilines is 2. The van der Waals surface area contributed by atoms with Crippen LogP contribution < -0.4 is 10.6 Å². The average molecular weight is 280 g/mol. The third kappa shape index (κ3) is 2.69. The van der Waals surface area contributed by atoms with Crippen LogP contribution >= 0.6 is 0 Å². The first-order valence-corrected chi connectivity index (χ1v) is 6.55. The molecule has 0 bridgehead atoms. The van der Waals surface area contributed by atoms with Gasteiger partial charge in [-0.3, -0.25) is 0 Å². The van der Waals surface area contributed by atoms with Gasteiger partial charge in [-0.15, -0.1) is 0 Å². The summed E-state index contributed by atoms with van der Waals surface area (Å²) in [6.07, 6.45) is 5.29. The topological polar surface area (TPSA) is 83.7 Å². The summed E-state index contributed by atoms with van der Waals surface area (Å²) in [5, 5.41) is 0. The fourth-order valence-electron chi connectivity index (χ4n) is 2.00. The molecule has 0 radical (unpaired) electrons. The predicted molar refractivity (Wildman–Crippen MR) is 85.8 cm³/mol. The molecule has 3 N–H and O–H groups in total. The normalized spacial score (nSPS) is 11.3. The summed E-state index contributed by atoms with van der Waals surface area (Å²) in [5.74, 6) is 1.11. The number of aromatic amines is 1. The van der Waals surface area contributed by atoms with Crippen LogP contribution in [0, 0.1) is 0 Å². The second-order valence-corrected chi connectivity index (χ2v) is 4.90. The van der Waals surface area contributed by atoms with E-state index in [9.17, 15) is 0 Å². The van der Waals surface area contributed by atoms with Gasteiger partial charge in [-0.1, -0.05) is 18.2 Å². The molecule has 6 nitrogen and oxygen atoms in total. The van der Waals surface area contributed by atoms with Gasteiger partial charge in [-0.2, -0.15) is 0 Å². The predicted octanol–water partition coefficient (Wildman–Crippen LogP) is 2.17. The highest BCUT2D eigenvalue weighted by molar-refractivity contribution is 5.83. The van der Waals surface area contributed by atoms with Crippen molar-refractivity contribution in [2.45, 2.75) is 0 Å². The summed E-state index contributed by atoms with van der Waals surface area (Å²) in [6, 6.07) is 8.26. The van der Waals surface area contributed by atoms with E-state index in [4.69, 9.17) is 5.73 Å². The molecule has 1 aromatic carbocycles. The van der Waals surface area contributed by atoms with E-state index >= 15 is 0 Å². The van der Waals surface area contributed by atoms with Crippen LogP contribution in [0.2, 0.25) is 0 Å². The van der Waals surface area contributed by atoms with Crippen molar-refractivity contribution in [2.24, 2.45) is 0 Å². The van der Waals surface area contributed by atoms with Gasteiger partial charge in [0.1, 0.15) is 17.7 Å². The number of nitrogens with one attached hydrogen (secondary N) is 1. The van der Waals surface area contributed by atoms with Crippen molar-refractivity contribution in [3.63, 3.8) is 0 Å². The first kappa shape index (κ1) is 13.1. The minimum Gasteiger partial charge on any atom is -0.382 e. The summed E-state index contributed by atoms with van der Waals surface area (Å²) < 4.78 is 0. The third-order valence-electron chi connectivity index (χ3n) is 3.18. The number of imidazole rings is 1. The number of H-pyrrole nitrogens is 1. The molecular formula is C15H16N6. The fraction of sp³-hybridized carbons (Fsp3) is 0.133. The number of nitrogens with zero attached hydrogens (tertiary/aromatic N) is 4. The van der Waals surface area contributed by atoms with Crippen LogP contribution in [0.4, 0.5) is 11.5 Å². The van der Waals surface area contributed by atoms with Gasteiger partial charge in [0.05, 0.1) is 0 Å². The number of hydrogen-bond acceptors (Lipinski definition) is 5. The first-order chi connectivity index (χ1) is 10.1. The van der Waals surface area contributed by atoms with Crippen molar-refractivity contribution in [2.75, 3.05) is 24.7 Å². The highest BCUT2D eigenvalue weighted by atomic mass is 15.1. The van der Waals surface area contributed by atoms with Crippen molar-refractivity contribution >= 4 is 34.8 Å². The Hall–Kier alpha value is -2.89. The highest BCUT2D eigenvalue weighted by Crippen LogP contribution is 2.16. The van der Waals surface area contributed by atoms with Gasteiger partial charge in [0, 0.05) is 19.8 Å². The monoisotopic (exact) mass is 280 g/mol. The summed E-state index contributed by atoms with van der Waals surface area (Å²) in [5.41, 5.74) is 9.27. The van der Waals surface area contributed by atoms with E-state index in [1.165, 1.54) is 12.0 Å². The van der Waals surface area contributed by atoms with E-state index < -0.39 is 0 Å². The maximum Gasteiger partial charge on any atom is 0.183 e. The Balaban J connectivity index is 1.85. The lowest BCUT2D eigenvalue weighted by molar-refractivity contribution is 1.13. The number of nitrogen functional groups attached to an aromatic ring is 1. The highest BCUT2D eigenvalue weighted by Gasteiger charge is 2.04. The minimum atomic E-state index is 0.405. The lowest BCUT2D eigenvalue weighted by Crippen LogP contribution is -2.07.